The number of nitrogens with one attached hydrogen (secondary N) is 2. The SMILES string of the molecule is COC(=O)Nc1ccc(-n2cc(C(=O)c3ccc(Cl)cn3)cn2)c(NC(=O)CCCC[P+](c2ccccc2)(c2ccccc2)c2ccccc2)c1.[Br-]. The molecule has 2 N–H and O–H groups in total. The number of hydrogen-bond acceptors (Lipinski definition) is 6. The van der Waals surface area contributed by atoms with E-state index in [4.69, 9.17) is 16.3 Å². The standard InChI is InChI=1S/C40H35ClN5O4P.BrH/c1-50-40(49)44-31-21-23-37(46-28-29(26-43-46)39(48)35-22-20-30(41)27-42-35)36(25-31)45-38(47)19-11-12-24-51(32-13-5-2-6-14-32,33-15-7-3-8-16-33)34-17-9-4-10-18-34;/h2-10,13-18,20-23,25-28H,11-12,19,24H2,1H3,(H-,44,45,47,49);1H. The van der Waals surface area contributed by atoms with Crippen LogP contribution in [0.3, 0.4) is 0 Å². The second-order valence-corrected chi connectivity index (χ2v) is 15.8. The minimum absolute atomic E-state index is 0. The number of halogens is 2. The van der Waals surface area contributed by atoms with Crippen LogP contribution in [0.1, 0.15) is 35.3 Å². The number of benzene rings is 4. The lowest BCUT2D eigenvalue weighted by Crippen LogP contribution is -3.00. The smallest absolute Gasteiger partial charge is 0.411 e. The van der Waals surface area contributed by atoms with Crippen LogP contribution >= 0.6 is 18.9 Å². The number of unbranched alkanes of at least 4 members (excludes halogenated alkanes) is 1. The van der Waals surface area contributed by atoms with E-state index in [0.29, 0.717) is 34.1 Å². The Morgan fingerprint density at radius 1 is 0.769 bits per heavy atom. The van der Waals surface area contributed by atoms with E-state index in [9.17, 15) is 14.4 Å². The summed E-state index contributed by atoms with van der Waals surface area (Å²) in [7, 11) is -0.743. The predicted molar refractivity (Wildman–Crippen MR) is 205 cm³/mol. The number of carbonyl (C=O) groups is 3. The average molecular weight is 797 g/mol. The van der Waals surface area contributed by atoms with E-state index in [-0.39, 0.29) is 40.8 Å². The highest BCUT2D eigenvalue weighted by Gasteiger charge is 2.44. The van der Waals surface area contributed by atoms with Crippen LogP contribution in [0.5, 0.6) is 0 Å². The van der Waals surface area contributed by atoms with Gasteiger partial charge in [0.25, 0.3) is 0 Å². The molecule has 52 heavy (non-hydrogen) atoms. The second-order valence-electron chi connectivity index (χ2n) is 11.8. The molecule has 9 nitrogen and oxygen atoms in total. The van der Waals surface area contributed by atoms with Crippen molar-refractivity contribution in [2.24, 2.45) is 0 Å². The zero-order valence-electron chi connectivity index (χ0n) is 28.3. The Hall–Kier alpha value is -5.15. The number of hydrogen-bond donors (Lipinski definition) is 2. The van der Waals surface area contributed by atoms with Gasteiger partial charge in [-0.2, -0.15) is 5.10 Å². The third kappa shape index (κ3) is 8.83. The van der Waals surface area contributed by atoms with Gasteiger partial charge in [0, 0.05) is 24.5 Å². The number of pyridine rings is 1. The van der Waals surface area contributed by atoms with Crippen molar-refractivity contribution >= 4 is 63.9 Å². The van der Waals surface area contributed by atoms with E-state index in [2.05, 4.69) is 93.5 Å². The van der Waals surface area contributed by atoms with Gasteiger partial charge in [-0.15, -0.1) is 0 Å². The third-order valence-electron chi connectivity index (χ3n) is 8.49. The molecule has 0 bridgehead atoms. The van der Waals surface area contributed by atoms with Gasteiger partial charge in [0.2, 0.25) is 11.7 Å². The summed E-state index contributed by atoms with van der Waals surface area (Å²) in [6, 6.07) is 40.1. The fourth-order valence-corrected chi connectivity index (χ4v) is 10.6. The Bertz CT molecular complexity index is 2020. The molecule has 12 heteroatoms. The summed E-state index contributed by atoms with van der Waals surface area (Å²) < 4.78 is 6.25. The maximum absolute atomic E-state index is 13.5. The van der Waals surface area contributed by atoms with E-state index in [1.165, 1.54) is 40.1 Å². The molecule has 0 spiro atoms. The Labute approximate surface area is 318 Å². The van der Waals surface area contributed by atoms with Gasteiger partial charge in [0.1, 0.15) is 28.9 Å². The van der Waals surface area contributed by atoms with Gasteiger partial charge in [-0.3, -0.25) is 19.9 Å². The van der Waals surface area contributed by atoms with Gasteiger partial charge < -0.3 is 27.0 Å². The van der Waals surface area contributed by atoms with E-state index < -0.39 is 13.4 Å². The molecule has 2 heterocycles. The molecule has 0 aliphatic heterocycles. The predicted octanol–water partition coefficient (Wildman–Crippen LogP) is 4.44. The summed E-state index contributed by atoms with van der Waals surface area (Å²) in [6.07, 6.45) is 6.41. The highest BCUT2D eigenvalue weighted by molar-refractivity contribution is 7.95. The first kappa shape index (κ1) is 38.1. The van der Waals surface area contributed by atoms with Crippen LogP contribution in [0.4, 0.5) is 16.2 Å². The maximum Gasteiger partial charge on any atom is 0.411 e. The van der Waals surface area contributed by atoms with Gasteiger partial charge >= 0.3 is 6.09 Å². The number of ketones is 1. The fraction of sp³-hybridized carbons (Fsp3) is 0.125. The van der Waals surface area contributed by atoms with E-state index in [1.807, 2.05) is 18.2 Å². The topological polar surface area (TPSA) is 115 Å². The molecular weight excluding hydrogens is 761 g/mol. The van der Waals surface area contributed by atoms with Crippen LogP contribution in [-0.4, -0.2) is 45.8 Å². The Morgan fingerprint density at radius 2 is 1.38 bits per heavy atom. The average Bonchev–Trinajstić information content (AvgIpc) is 3.66. The van der Waals surface area contributed by atoms with Crippen molar-refractivity contribution in [1.82, 2.24) is 14.8 Å². The van der Waals surface area contributed by atoms with Crippen molar-refractivity contribution in [1.29, 1.82) is 0 Å². The number of anilines is 2. The normalized spacial score (nSPS) is 10.9. The number of aromatic nitrogens is 3. The summed E-state index contributed by atoms with van der Waals surface area (Å²) in [6.45, 7) is 0. The zero-order valence-corrected chi connectivity index (χ0v) is 31.5. The Morgan fingerprint density at radius 3 is 1.94 bits per heavy atom. The number of methoxy groups -OCH3 is 1. The number of carbonyl (C=O) groups excluding carboxylic acids is 3. The van der Waals surface area contributed by atoms with Crippen molar-refractivity contribution in [3.05, 3.63) is 156 Å². The molecule has 264 valence electrons. The molecule has 0 unspecified atom stereocenters. The maximum atomic E-state index is 13.5. The molecule has 0 aliphatic rings. The summed E-state index contributed by atoms with van der Waals surface area (Å²) in [4.78, 5) is 42.7. The summed E-state index contributed by atoms with van der Waals surface area (Å²) in [5.74, 6) is -0.517. The lowest BCUT2D eigenvalue weighted by Gasteiger charge is -2.27. The molecular formula is C40H36BrClN5O4P. The monoisotopic (exact) mass is 795 g/mol. The quantitative estimate of drug-likeness (QED) is 0.102. The second kappa shape index (κ2) is 17.9. The molecule has 0 saturated carbocycles. The van der Waals surface area contributed by atoms with Crippen molar-refractivity contribution in [2.45, 2.75) is 19.3 Å². The van der Waals surface area contributed by atoms with Crippen molar-refractivity contribution in [2.75, 3.05) is 23.9 Å². The number of nitrogens with zero attached hydrogens (tertiary/aromatic N) is 3. The van der Waals surface area contributed by atoms with Crippen LogP contribution in [0.2, 0.25) is 5.02 Å². The zero-order chi connectivity index (χ0) is 35.6. The molecule has 6 rings (SSSR count). The van der Waals surface area contributed by atoms with Crippen molar-refractivity contribution in [3.63, 3.8) is 0 Å². The molecule has 2 aromatic heterocycles. The number of rotatable bonds is 13. The summed E-state index contributed by atoms with van der Waals surface area (Å²) in [5, 5.41) is 14.4. The van der Waals surface area contributed by atoms with E-state index in [0.717, 1.165) is 12.6 Å². The lowest BCUT2D eigenvalue weighted by atomic mass is 10.1. The summed E-state index contributed by atoms with van der Waals surface area (Å²) in [5.41, 5.74) is 1.85. The first-order chi connectivity index (χ1) is 24.9. The van der Waals surface area contributed by atoms with Crippen molar-refractivity contribution < 1.29 is 36.1 Å². The van der Waals surface area contributed by atoms with Crippen LogP contribution in [0.25, 0.3) is 5.69 Å². The van der Waals surface area contributed by atoms with E-state index >= 15 is 0 Å². The Balaban J connectivity index is 0.00000523. The number of ether oxygens (including phenoxy) is 1. The third-order valence-corrected chi connectivity index (χ3v) is 13.2. The molecule has 0 radical (unpaired) electrons. The number of amides is 2. The van der Waals surface area contributed by atoms with Gasteiger partial charge in [-0.05, 0) is 79.6 Å². The van der Waals surface area contributed by atoms with Crippen LogP contribution in [0, 0.1) is 0 Å². The molecule has 4 aromatic carbocycles. The highest BCUT2D eigenvalue weighted by Crippen LogP contribution is 2.56. The van der Waals surface area contributed by atoms with Gasteiger partial charge in [-0.25, -0.2) is 9.48 Å². The lowest BCUT2D eigenvalue weighted by molar-refractivity contribution is -0.116. The Kier molecular flexibility index (Phi) is 13.1. The highest BCUT2D eigenvalue weighted by atomic mass is 79.9. The van der Waals surface area contributed by atoms with Crippen LogP contribution in [-0.2, 0) is 9.53 Å². The van der Waals surface area contributed by atoms with Gasteiger partial charge in [0.15, 0.2) is 0 Å². The molecule has 6 aromatic rings. The fourth-order valence-electron chi connectivity index (χ4n) is 6.04. The largest absolute Gasteiger partial charge is 1.00 e. The molecule has 2 amide bonds. The summed E-state index contributed by atoms with van der Waals surface area (Å²) >= 11 is 5.94. The molecule has 0 saturated heterocycles. The first-order valence-corrected chi connectivity index (χ1v) is 18.8. The minimum Gasteiger partial charge on any atom is -1.00 e. The molecule has 0 atom stereocenters. The molecule has 0 aliphatic carbocycles. The van der Waals surface area contributed by atoms with Crippen molar-refractivity contribution in [3.8, 4) is 5.69 Å². The minimum atomic E-state index is -2.02. The van der Waals surface area contributed by atoms with Gasteiger partial charge in [-0.1, -0.05) is 66.2 Å². The van der Waals surface area contributed by atoms with Gasteiger partial charge in [0.05, 0.1) is 41.4 Å². The molecule has 0 fully saturated rings. The van der Waals surface area contributed by atoms with E-state index in [1.54, 1.807) is 36.5 Å². The van der Waals surface area contributed by atoms with Crippen LogP contribution < -0.4 is 43.5 Å². The first-order valence-electron chi connectivity index (χ1n) is 16.4. The van der Waals surface area contributed by atoms with Crippen LogP contribution in [0.15, 0.2) is 140 Å².